The minimum atomic E-state index is -0.188. The van der Waals surface area contributed by atoms with Gasteiger partial charge in [0.1, 0.15) is 12.4 Å². The number of hydrogen-bond acceptors (Lipinski definition) is 7. The van der Waals surface area contributed by atoms with Gasteiger partial charge >= 0.3 is 0 Å². The van der Waals surface area contributed by atoms with E-state index in [9.17, 15) is 4.79 Å². The highest BCUT2D eigenvalue weighted by molar-refractivity contribution is 7.12. The highest BCUT2D eigenvalue weighted by Crippen LogP contribution is 2.32. The molecule has 3 heterocycles. The van der Waals surface area contributed by atoms with Crippen molar-refractivity contribution < 1.29 is 14.2 Å². The molecule has 8 heteroatoms. The molecule has 4 aromatic rings. The number of rotatable bonds is 6. The lowest BCUT2D eigenvalue weighted by molar-refractivity contribution is 0.103. The predicted octanol–water partition coefficient (Wildman–Crippen LogP) is 5.72. The van der Waals surface area contributed by atoms with Gasteiger partial charge in [-0.1, -0.05) is 6.07 Å². The van der Waals surface area contributed by atoms with Gasteiger partial charge in [0.15, 0.2) is 11.0 Å². The van der Waals surface area contributed by atoms with Gasteiger partial charge in [-0.25, -0.2) is 4.63 Å². The molecule has 1 aliphatic heterocycles. The molecule has 1 aliphatic rings. The van der Waals surface area contributed by atoms with Gasteiger partial charge in [0.05, 0.1) is 16.3 Å². The van der Waals surface area contributed by atoms with Crippen molar-refractivity contribution in [1.29, 1.82) is 0 Å². The molecule has 170 valence electrons. The molecule has 0 unspecified atom stereocenters. The number of hydrogen-bond donors (Lipinski definition) is 1. The zero-order chi connectivity index (χ0) is 22.8. The lowest BCUT2D eigenvalue weighted by atomic mass is 10.1. The minimum absolute atomic E-state index is 0.188. The number of piperidine rings is 1. The number of ether oxygens (including phenoxy) is 1. The Labute approximate surface area is 196 Å². The zero-order valence-electron chi connectivity index (χ0n) is 18.8. The molecule has 7 nitrogen and oxygen atoms in total. The molecule has 33 heavy (non-hydrogen) atoms. The quantitative estimate of drug-likeness (QED) is 0.395. The van der Waals surface area contributed by atoms with Crippen LogP contribution in [0.1, 0.15) is 45.6 Å². The summed E-state index contributed by atoms with van der Waals surface area (Å²) >= 11 is 1.39. The van der Waals surface area contributed by atoms with Crippen molar-refractivity contribution in [2.24, 2.45) is 0 Å². The van der Waals surface area contributed by atoms with E-state index in [-0.39, 0.29) is 5.91 Å². The molecule has 0 atom stereocenters. The summed E-state index contributed by atoms with van der Waals surface area (Å²) in [5.74, 6) is 0.637. The Balaban J connectivity index is 1.27. The summed E-state index contributed by atoms with van der Waals surface area (Å²) in [5, 5.41) is 13.1. The number of benzene rings is 2. The van der Waals surface area contributed by atoms with E-state index < -0.39 is 0 Å². The fraction of sp³-hybridized carbons (Fsp3) is 0.320. The van der Waals surface area contributed by atoms with Crippen LogP contribution in [0.4, 0.5) is 11.4 Å². The Hall–Kier alpha value is -3.39. The van der Waals surface area contributed by atoms with Crippen molar-refractivity contribution in [3.05, 3.63) is 63.3 Å². The van der Waals surface area contributed by atoms with Crippen LogP contribution < -0.4 is 15.0 Å². The Morgan fingerprint density at radius 3 is 2.70 bits per heavy atom. The number of carbonyl (C=O) groups is 1. The van der Waals surface area contributed by atoms with Gasteiger partial charge in [-0.3, -0.25) is 4.79 Å². The molecule has 0 bridgehead atoms. The number of nitrogens with zero attached hydrogens (tertiary/aromatic N) is 3. The summed E-state index contributed by atoms with van der Waals surface area (Å²) in [7, 11) is 0. The van der Waals surface area contributed by atoms with Gasteiger partial charge in [0.25, 0.3) is 5.91 Å². The van der Waals surface area contributed by atoms with Crippen LogP contribution in [0.2, 0.25) is 0 Å². The SMILES string of the molecule is Cc1ccc(OCc2csc(C(=O)Nc3ccc(N4CCCCC4)c4nonc34)c2)cc1C. The summed E-state index contributed by atoms with van der Waals surface area (Å²) in [4.78, 5) is 15.8. The van der Waals surface area contributed by atoms with Crippen LogP contribution in [0.15, 0.2) is 46.4 Å². The highest BCUT2D eigenvalue weighted by Gasteiger charge is 2.20. The van der Waals surface area contributed by atoms with E-state index in [2.05, 4.69) is 34.4 Å². The van der Waals surface area contributed by atoms with Crippen LogP contribution in [0.3, 0.4) is 0 Å². The van der Waals surface area contributed by atoms with E-state index in [1.807, 2.05) is 41.8 Å². The standard InChI is InChI=1S/C25H26N4O3S/c1-16-6-7-19(12-17(16)2)31-14-18-13-22(33-15-18)25(30)26-20-8-9-21(24-23(20)27-32-28-24)29-10-4-3-5-11-29/h6-9,12-13,15H,3-5,10-11,14H2,1-2H3,(H,26,30). The van der Waals surface area contributed by atoms with Crippen LogP contribution in [0.5, 0.6) is 5.75 Å². The first-order chi connectivity index (χ1) is 16.1. The second-order valence-corrected chi connectivity index (χ2v) is 9.36. The molecule has 1 fully saturated rings. The van der Waals surface area contributed by atoms with Gasteiger partial charge in [0.2, 0.25) is 0 Å². The monoisotopic (exact) mass is 462 g/mol. The van der Waals surface area contributed by atoms with Gasteiger partial charge < -0.3 is 15.0 Å². The molecule has 1 N–H and O–H groups in total. The molecule has 1 saturated heterocycles. The molecular formula is C25H26N4O3S. The Bertz CT molecular complexity index is 1290. The van der Waals surface area contributed by atoms with Crippen LogP contribution in [-0.2, 0) is 6.61 Å². The van der Waals surface area contributed by atoms with Crippen molar-refractivity contribution in [2.75, 3.05) is 23.3 Å². The first kappa shape index (κ1) is 21.5. The summed E-state index contributed by atoms with van der Waals surface area (Å²) in [6.07, 6.45) is 3.59. The number of amides is 1. The Morgan fingerprint density at radius 1 is 1.06 bits per heavy atom. The molecule has 2 aromatic heterocycles. The molecule has 1 amide bonds. The van der Waals surface area contributed by atoms with Crippen LogP contribution >= 0.6 is 11.3 Å². The van der Waals surface area contributed by atoms with Crippen molar-refractivity contribution in [1.82, 2.24) is 10.3 Å². The largest absolute Gasteiger partial charge is 0.489 e. The third-order valence-corrected chi connectivity index (χ3v) is 7.08. The Kier molecular flexibility index (Phi) is 6.00. The van der Waals surface area contributed by atoms with E-state index in [1.165, 1.54) is 41.7 Å². The third-order valence-electron chi connectivity index (χ3n) is 6.10. The minimum Gasteiger partial charge on any atom is -0.489 e. The lowest BCUT2D eigenvalue weighted by Gasteiger charge is -2.28. The highest BCUT2D eigenvalue weighted by atomic mass is 32.1. The summed E-state index contributed by atoms with van der Waals surface area (Å²) in [5.41, 5.74) is 6.24. The topological polar surface area (TPSA) is 80.5 Å². The summed E-state index contributed by atoms with van der Waals surface area (Å²) in [6.45, 7) is 6.54. The maximum atomic E-state index is 12.9. The number of aryl methyl sites for hydroxylation is 2. The summed E-state index contributed by atoms with van der Waals surface area (Å²) in [6, 6.07) is 11.8. The van der Waals surface area contributed by atoms with Gasteiger partial charge in [-0.05, 0) is 90.3 Å². The average Bonchev–Trinajstić information content (AvgIpc) is 3.51. The van der Waals surface area contributed by atoms with Gasteiger partial charge in [0, 0.05) is 18.7 Å². The Morgan fingerprint density at radius 2 is 1.88 bits per heavy atom. The van der Waals surface area contributed by atoms with Crippen LogP contribution in [0.25, 0.3) is 11.0 Å². The molecular weight excluding hydrogens is 436 g/mol. The zero-order valence-corrected chi connectivity index (χ0v) is 19.6. The molecule has 0 aliphatic carbocycles. The number of fused-ring (bicyclic) bond motifs is 1. The fourth-order valence-electron chi connectivity index (χ4n) is 4.07. The molecule has 5 rings (SSSR count). The molecule has 0 spiro atoms. The first-order valence-corrected chi connectivity index (χ1v) is 12.1. The average molecular weight is 463 g/mol. The van der Waals surface area contributed by atoms with E-state index in [0.29, 0.717) is 28.2 Å². The second-order valence-electron chi connectivity index (χ2n) is 8.45. The maximum absolute atomic E-state index is 12.9. The van der Waals surface area contributed by atoms with E-state index >= 15 is 0 Å². The van der Waals surface area contributed by atoms with Crippen molar-refractivity contribution in [3.8, 4) is 5.75 Å². The fourth-order valence-corrected chi connectivity index (χ4v) is 4.86. The van der Waals surface area contributed by atoms with Crippen molar-refractivity contribution in [2.45, 2.75) is 39.7 Å². The number of aromatic nitrogens is 2. The van der Waals surface area contributed by atoms with E-state index in [1.54, 1.807) is 0 Å². The normalized spacial score (nSPS) is 13.9. The molecule has 2 aromatic carbocycles. The molecule has 0 radical (unpaired) electrons. The van der Waals surface area contributed by atoms with Crippen molar-refractivity contribution in [3.63, 3.8) is 0 Å². The number of nitrogens with one attached hydrogen (secondary N) is 1. The van der Waals surface area contributed by atoms with Gasteiger partial charge in [-0.2, -0.15) is 0 Å². The number of carbonyl (C=O) groups excluding carboxylic acids is 1. The van der Waals surface area contributed by atoms with E-state index in [4.69, 9.17) is 9.37 Å². The molecule has 0 saturated carbocycles. The van der Waals surface area contributed by atoms with Gasteiger partial charge in [-0.15, -0.1) is 11.3 Å². The van der Waals surface area contributed by atoms with Crippen molar-refractivity contribution >= 4 is 39.7 Å². The van der Waals surface area contributed by atoms with E-state index in [0.717, 1.165) is 30.1 Å². The lowest BCUT2D eigenvalue weighted by Crippen LogP contribution is -2.29. The maximum Gasteiger partial charge on any atom is 0.265 e. The first-order valence-electron chi connectivity index (χ1n) is 11.2. The van der Waals surface area contributed by atoms with Crippen LogP contribution in [0, 0.1) is 13.8 Å². The second kappa shape index (κ2) is 9.23. The smallest absolute Gasteiger partial charge is 0.265 e. The predicted molar refractivity (Wildman–Crippen MR) is 130 cm³/mol. The number of thiophene rings is 1. The summed E-state index contributed by atoms with van der Waals surface area (Å²) < 4.78 is 10.9. The van der Waals surface area contributed by atoms with Crippen LogP contribution in [-0.4, -0.2) is 29.3 Å². The third kappa shape index (κ3) is 4.57. The number of anilines is 2.